The van der Waals surface area contributed by atoms with Crippen LogP contribution in [0.4, 0.5) is 0 Å². The van der Waals surface area contributed by atoms with Gasteiger partial charge in [-0.1, -0.05) is 79.9 Å². The van der Waals surface area contributed by atoms with Crippen molar-refractivity contribution in [1.29, 1.82) is 0 Å². The molecule has 2 aromatic carbocycles. The molecule has 0 bridgehead atoms. The van der Waals surface area contributed by atoms with Crippen LogP contribution in [0.3, 0.4) is 0 Å². The molecule has 0 radical (unpaired) electrons. The van der Waals surface area contributed by atoms with Gasteiger partial charge in [-0.05, 0) is 24.0 Å². The summed E-state index contributed by atoms with van der Waals surface area (Å²) in [6, 6.07) is 22.4. The highest BCUT2D eigenvalue weighted by molar-refractivity contribution is 5.17. The summed E-state index contributed by atoms with van der Waals surface area (Å²) in [7, 11) is 0. The fourth-order valence-electron chi connectivity index (χ4n) is 3.63. The van der Waals surface area contributed by atoms with Crippen molar-refractivity contribution < 1.29 is 0 Å². The van der Waals surface area contributed by atoms with Crippen molar-refractivity contribution in [3.8, 4) is 0 Å². The van der Waals surface area contributed by atoms with Crippen LogP contribution >= 0.6 is 0 Å². The Morgan fingerprint density at radius 2 is 1.29 bits per heavy atom. The number of nitrogens with zero attached hydrogens (tertiary/aromatic N) is 1. The van der Waals surface area contributed by atoms with Crippen LogP contribution < -0.4 is 5.32 Å². The normalized spacial score (nSPS) is 15.7. The molecule has 0 atom stereocenters. The standard InChI is InChI=1S/C22H30N2/c1-4-10-20(11-5-1)18-24(19-21-12-6-2-7-13-21)17-16-23-22-14-8-3-9-15-22/h1-2,4-7,10-13,22-23H,3,8-9,14-19H2. The predicted octanol–water partition coefficient (Wildman–Crippen LogP) is 4.61. The number of rotatable bonds is 8. The molecule has 2 heteroatoms. The molecular formula is C22H30N2. The van der Waals surface area contributed by atoms with E-state index < -0.39 is 0 Å². The summed E-state index contributed by atoms with van der Waals surface area (Å²) in [5.74, 6) is 0. The number of hydrogen-bond donors (Lipinski definition) is 1. The van der Waals surface area contributed by atoms with Gasteiger partial charge in [-0.25, -0.2) is 0 Å². The Labute approximate surface area is 146 Å². The van der Waals surface area contributed by atoms with E-state index in [-0.39, 0.29) is 0 Å². The van der Waals surface area contributed by atoms with E-state index in [1.54, 1.807) is 0 Å². The Balaban J connectivity index is 1.54. The highest BCUT2D eigenvalue weighted by atomic mass is 15.1. The molecule has 2 aromatic rings. The van der Waals surface area contributed by atoms with Crippen molar-refractivity contribution in [1.82, 2.24) is 10.2 Å². The van der Waals surface area contributed by atoms with Crippen LogP contribution in [0.25, 0.3) is 0 Å². The Morgan fingerprint density at radius 1 is 0.750 bits per heavy atom. The first-order valence-electron chi connectivity index (χ1n) is 9.44. The first-order chi connectivity index (χ1) is 11.9. The summed E-state index contributed by atoms with van der Waals surface area (Å²) in [6.07, 6.45) is 6.94. The monoisotopic (exact) mass is 322 g/mol. The van der Waals surface area contributed by atoms with E-state index in [9.17, 15) is 0 Å². The van der Waals surface area contributed by atoms with Crippen LogP contribution in [0.5, 0.6) is 0 Å². The molecule has 0 spiro atoms. The van der Waals surface area contributed by atoms with Gasteiger partial charge in [-0.15, -0.1) is 0 Å². The molecule has 0 saturated heterocycles. The lowest BCUT2D eigenvalue weighted by molar-refractivity contribution is 0.246. The van der Waals surface area contributed by atoms with E-state index in [0.717, 1.165) is 32.2 Å². The van der Waals surface area contributed by atoms with E-state index in [2.05, 4.69) is 70.9 Å². The van der Waals surface area contributed by atoms with Crippen LogP contribution in [0.2, 0.25) is 0 Å². The summed E-state index contributed by atoms with van der Waals surface area (Å²) in [6.45, 7) is 4.22. The summed E-state index contributed by atoms with van der Waals surface area (Å²) in [5, 5.41) is 3.78. The van der Waals surface area contributed by atoms with Crippen molar-refractivity contribution >= 4 is 0 Å². The van der Waals surface area contributed by atoms with Gasteiger partial charge in [0, 0.05) is 32.2 Å². The van der Waals surface area contributed by atoms with Gasteiger partial charge in [0.2, 0.25) is 0 Å². The van der Waals surface area contributed by atoms with Crippen molar-refractivity contribution in [2.75, 3.05) is 13.1 Å². The van der Waals surface area contributed by atoms with E-state index >= 15 is 0 Å². The van der Waals surface area contributed by atoms with Crippen LogP contribution in [0.1, 0.15) is 43.2 Å². The van der Waals surface area contributed by atoms with Gasteiger partial charge in [0.15, 0.2) is 0 Å². The lowest BCUT2D eigenvalue weighted by Crippen LogP contribution is -2.37. The molecule has 1 fully saturated rings. The topological polar surface area (TPSA) is 15.3 Å². The lowest BCUT2D eigenvalue weighted by Gasteiger charge is -2.26. The highest BCUT2D eigenvalue weighted by Crippen LogP contribution is 2.17. The minimum atomic E-state index is 0.744. The molecule has 0 unspecified atom stereocenters. The molecule has 1 aliphatic carbocycles. The van der Waals surface area contributed by atoms with Crippen LogP contribution in [-0.4, -0.2) is 24.0 Å². The van der Waals surface area contributed by atoms with Gasteiger partial charge in [0.05, 0.1) is 0 Å². The maximum atomic E-state index is 3.78. The van der Waals surface area contributed by atoms with Crippen molar-refractivity contribution in [3.05, 3.63) is 71.8 Å². The van der Waals surface area contributed by atoms with Gasteiger partial charge < -0.3 is 5.32 Å². The second kappa shape index (κ2) is 9.61. The van der Waals surface area contributed by atoms with Gasteiger partial charge in [0.25, 0.3) is 0 Å². The third-order valence-electron chi connectivity index (χ3n) is 4.96. The molecule has 1 N–H and O–H groups in total. The van der Waals surface area contributed by atoms with Crippen molar-refractivity contribution in [2.45, 2.75) is 51.2 Å². The molecule has 1 saturated carbocycles. The van der Waals surface area contributed by atoms with E-state index in [1.807, 2.05) is 0 Å². The minimum Gasteiger partial charge on any atom is -0.313 e. The van der Waals surface area contributed by atoms with Gasteiger partial charge in [-0.2, -0.15) is 0 Å². The molecule has 0 heterocycles. The molecule has 128 valence electrons. The first kappa shape index (κ1) is 17.2. The minimum absolute atomic E-state index is 0.744. The Morgan fingerprint density at radius 3 is 1.83 bits per heavy atom. The summed E-state index contributed by atoms with van der Waals surface area (Å²) < 4.78 is 0. The number of hydrogen-bond acceptors (Lipinski definition) is 2. The largest absolute Gasteiger partial charge is 0.313 e. The molecule has 0 aromatic heterocycles. The fraction of sp³-hybridized carbons (Fsp3) is 0.455. The molecule has 0 aliphatic heterocycles. The average molecular weight is 322 g/mol. The van der Waals surface area contributed by atoms with Crippen molar-refractivity contribution in [3.63, 3.8) is 0 Å². The average Bonchev–Trinajstić information content (AvgIpc) is 2.64. The zero-order chi connectivity index (χ0) is 16.5. The Hall–Kier alpha value is -1.64. The zero-order valence-corrected chi connectivity index (χ0v) is 14.7. The maximum absolute atomic E-state index is 3.78. The third kappa shape index (κ3) is 5.77. The molecule has 1 aliphatic rings. The molecule has 3 rings (SSSR count). The quantitative estimate of drug-likeness (QED) is 0.763. The zero-order valence-electron chi connectivity index (χ0n) is 14.7. The van der Waals surface area contributed by atoms with Crippen LogP contribution in [0, 0.1) is 0 Å². The SMILES string of the molecule is c1ccc(CN(CCNC2CCCCC2)Cc2ccccc2)cc1. The summed E-state index contributed by atoms with van der Waals surface area (Å²) in [5.41, 5.74) is 2.79. The summed E-state index contributed by atoms with van der Waals surface area (Å²) >= 11 is 0. The number of benzene rings is 2. The fourth-order valence-corrected chi connectivity index (χ4v) is 3.63. The first-order valence-corrected chi connectivity index (χ1v) is 9.44. The third-order valence-corrected chi connectivity index (χ3v) is 4.96. The van der Waals surface area contributed by atoms with E-state index in [0.29, 0.717) is 0 Å². The van der Waals surface area contributed by atoms with Crippen molar-refractivity contribution in [2.24, 2.45) is 0 Å². The Bertz CT molecular complexity index is 520. The van der Waals surface area contributed by atoms with Crippen LogP contribution in [0.15, 0.2) is 60.7 Å². The van der Waals surface area contributed by atoms with Gasteiger partial charge in [-0.3, -0.25) is 4.90 Å². The lowest BCUT2D eigenvalue weighted by atomic mass is 9.95. The molecular weight excluding hydrogens is 292 g/mol. The Kier molecular flexibility index (Phi) is 6.88. The maximum Gasteiger partial charge on any atom is 0.0237 e. The van der Waals surface area contributed by atoms with Gasteiger partial charge >= 0.3 is 0 Å². The predicted molar refractivity (Wildman–Crippen MR) is 102 cm³/mol. The molecule has 0 amide bonds. The van der Waals surface area contributed by atoms with Gasteiger partial charge in [0.1, 0.15) is 0 Å². The molecule has 24 heavy (non-hydrogen) atoms. The molecule has 2 nitrogen and oxygen atoms in total. The second-order valence-corrected chi connectivity index (χ2v) is 6.97. The second-order valence-electron chi connectivity index (χ2n) is 6.97. The number of nitrogens with one attached hydrogen (secondary N) is 1. The smallest absolute Gasteiger partial charge is 0.0237 e. The van der Waals surface area contributed by atoms with E-state index in [1.165, 1.54) is 43.2 Å². The summed E-state index contributed by atoms with van der Waals surface area (Å²) in [4.78, 5) is 2.56. The van der Waals surface area contributed by atoms with E-state index in [4.69, 9.17) is 0 Å². The van der Waals surface area contributed by atoms with Crippen LogP contribution in [-0.2, 0) is 13.1 Å². The highest BCUT2D eigenvalue weighted by Gasteiger charge is 2.13.